The smallest absolute Gasteiger partial charge is 0.310 e. The quantitative estimate of drug-likeness (QED) is 0.410. The number of benzene rings is 1. The first-order valence-corrected chi connectivity index (χ1v) is 10.8. The Hall–Kier alpha value is -3.52. The third-order valence-electron chi connectivity index (χ3n) is 4.72. The minimum atomic E-state index is -0.255. The van der Waals surface area contributed by atoms with Gasteiger partial charge >= 0.3 is 5.97 Å². The second kappa shape index (κ2) is 9.09. The SMILES string of the molecule is CCOC(=O)Cc1ccnc(Nc2nc3ccc(N(C)c4ccc(C)cc4)nc3s2)c1. The average molecular weight is 434 g/mol. The summed E-state index contributed by atoms with van der Waals surface area (Å²) in [7, 11) is 2.00. The molecule has 0 saturated carbocycles. The van der Waals surface area contributed by atoms with Gasteiger partial charge in [0.25, 0.3) is 0 Å². The Kier molecular flexibility index (Phi) is 6.08. The third kappa shape index (κ3) is 4.97. The van der Waals surface area contributed by atoms with Gasteiger partial charge in [0.1, 0.15) is 22.0 Å². The summed E-state index contributed by atoms with van der Waals surface area (Å²) in [6, 6.07) is 15.9. The van der Waals surface area contributed by atoms with Crippen LogP contribution >= 0.6 is 11.3 Å². The number of thiazole rings is 1. The Labute approximate surface area is 184 Å². The Morgan fingerprint density at radius 1 is 1.13 bits per heavy atom. The second-order valence-electron chi connectivity index (χ2n) is 7.06. The first kappa shape index (κ1) is 20.7. The summed E-state index contributed by atoms with van der Waals surface area (Å²) < 4.78 is 5.01. The Morgan fingerprint density at radius 3 is 2.71 bits per heavy atom. The molecule has 0 spiro atoms. The van der Waals surface area contributed by atoms with Crippen molar-refractivity contribution in [2.24, 2.45) is 0 Å². The van der Waals surface area contributed by atoms with E-state index >= 15 is 0 Å². The molecule has 31 heavy (non-hydrogen) atoms. The summed E-state index contributed by atoms with van der Waals surface area (Å²) in [6.07, 6.45) is 1.87. The lowest BCUT2D eigenvalue weighted by Gasteiger charge is -2.18. The van der Waals surface area contributed by atoms with E-state index < -0.39 is 0 Å². The Bertz CT molecular complexity index is 1210. The first-order chi connectivity index (χ1) is 15.0. The van der Waals surface area contributed by atoms with Crippen LogP contribution in [0.4, 0.5) is 22.5 Å². The standard InChI is InChI=1S/C23H23N5O2S/c1-4-30-21(29)14-16-11-12-24-19(13-16)26-23-25-18-9-10-20(27-22(18)31-23)28(3)17-7-5-15(2)6-8-17/h5-13H,4,14H2,1-3H3,(H,24,25,26). The molecule has 3 heterocycles. The predicted octanol–water partition coefficient (Wildman–Crippen LogP) is 5.01. The summed E-state index contributed by atoms with van der Waals surface area (Å²) in [5.41, 5.74) is 3.94. The summed E-state index contributed by atoms with van der Waals surface area (Å²) in [5, 5.41) is 3.91. The van der Waals surface area contributed by atoms with Crippen molar-refractivity contribution in [3.8, 4) is 0 Å². The number of aryl methyl sites for hydroxylation is 1. The summed E-state index contributed by atoms with van der Waals surface area (Å²) >= 11 is 1.46. The monoisotopic (exact) mass is 433 g/mol. The van der Waals surface area contributed by atoms with Gasteiger partial charge in [-0.25, -0.2) is 15.0 Å². The van der Waals surface area contributed by atoms with Crippen LogP contribution in [0.5, 0.6) is 0 Å². The van der Waals surface area contributed by atoms with E-state index in [0.29, 0.717) is 17.6 Å². The van der Waals surface area contributed by atoms with Crippen molar-refractivity contribution in [2.75, 3.05) is 23.9 Å². The highest BCUT2D eigenvalue weighted by atomic mass is 32.1. The van der Waals surface area contributed by atoms with Crippen molar-refractivity contribution < 1.29 is 9.53 Å². The highest BCUT2D eigenvalue weighted by Crippen LogP contribution is 2.30. The molecule has 0 bridgehead atoms. The number of hydrogen-bond acceptors (Lipinski definition) is 8. The van der Waals surface area contributed by atoms with Crippen molar-refractivity contribution >= 4 is 50.1 Å². The van der Waals surface area contributed by atoms with Crippen LogP contribution in [0.3, 0.4) is 0 Å². The van der Waals surface area contributed by atoms with E-state index in [1.807, 2.05) is 30.1 Å². The van der Waals surface area contributed by atoms with Crippen LogP contribution in [0.15, 0.2) is 54.7 Å². The third-order valence-corrected chi connectivity index (χ3v) is 5.60. The van der Waals surface area contributed by atoms with Gasteiger partial charge in [0.05, 0.1) is 13.0 Å². The molecule has 0 aliphatic rings. The van der Waals surface area contributed by atoms with Crippen molar-refractivity contribution in [3.63, 3.8) is 0 Å². The fraction of sp³-hybridized carbons (Fsp3) is 0.217. The molecule has 0 radical (unpaired) electrons. The first-order valence-electron chi connectivity index (χ1n) is 9.97. The lowest BCUT2D eigenvalue weighted by molar-refractivity contribution is -0.142. The molecule has 158 valence electrons. The van der Waals surface area contributed by atoms with Crippen LogP contribution < -0.4 is 10.2 Å². The number of nitrogens with one attached hydrogen (secondary N) is 1. The number of fused-ring (bicyclic) bond motifs is 1. The average Bonchev–Trinajstić information content (AvgIpc) is 3.15. The molecule has 0 saturated heterocycles. The number of pyridine rings is 2. The van der Waals surface area contributed by atoms with Crippen molar-refractivity contribution in [1.82, 2.24) is 15.0 Å². The molecule has 4 aromatic rings. The molecule has 0 aliphatic heterocycles. The summed E-state index contributed by atoms with van der Waals surface area (Å²) in [4.78, 5) is 28.3. The maximum atomic E-state index is 11.7. The number of esters is 1. The zero-order valence-electron chi connectivity index (χ0n) is 17.6. The van der Waals surface area contributed by atoms with Gasteiger partial charge in [-0.05, 0) is 55.8 Å². The topological polar surface area (TPSA) is 80.2 Å². The zero-order chi connectivity index (χ0) is 21.8. The van der Waals surface area contributed by atoms with Gasteiger partial charge in [0, 0.05) is 18.9 Å². The number of nitrogens with zero attached hydrogens (tertiary/aromatic N) is 4. The van der Waals surface area contributed by atoms with Crippen LogP contribution in [0.25, 0.3) is 10.3 Å². The lowest BCUT2D eigenvalue weighted by Crippen LogP contribution is -2.10. The van der Waals surface area contributed by atoms with Crippen LogP contribution in [0, 0.1) is 6.92 Å². The summed E-state index contributed by atoms with van der Waals surface area (Å²) in [5.74, 6) is 1.22. The number of carbonyl (C=O) groups is 1. The number of anilines is 4. The zero-order valence-corrected chi connectivity index (χ0v) is 18.4. The highest BCUT2D eigenvalue weighted by Gasteiger charge is 2.11. The molecule has 0 fully saturated rings. The molecular weight excluding hydrogens is 410 g/mol. The molecule has 0 aliphatic carbocycles. The number of aromatic nitrogens is 3. The maximum absolute atomic E-state index is 11.7. The fourth-order valence-electron chi connectivity index (χ4n) is 3.09. The molecule has 1 aromatic carbocycles. The minimum Gasteiger partial charge on any atom is -0.466 e. The van der Waals surface area contributed by atoms with E-state index in [4.69, 9.17) is 9.72 Å². The molecule has 1 N–H and O–H groups in total. The van der Waals surface area contributed by atoms with Gasteiger partial charge < -0.3 is 15.0 Å². The van der Waals surface area contributed by atoms with Crippen molar-refractivity contribution in [2.45, 2.75) is 20.3 Å². The number of ether oxygens (including phenoxy) is 1. The lowest BCUT2D eigenvalue weighted by atomic mass is 10.2. The molecule has 3 aromatic heterocycles. The number of carbonyl (C=O) groups excluding carboxylic acids is 1. The van der Waals surface area contributed by atoms with Gasteiger partial charge in [0.2, 0.25) is 0 Å². The van der Waals surface area contributed by atoms with E-state index in [1.54, 1.807) is 19.2 Å². The van der Waals surface area contributed by atoms with Gasteiger partial charge in [-0.15, -0.1) is 0 Å². The molecule has 0 unspecified atom stereocenters. The largest absolute Gasteiger partial charge is 0.466 e. The van der Waals surface area contributed by atoms with Gasteiger partial charge in [-0.3, -0.25) is 4.79 Å². The maximum Gasteiger partial charge on any atom is 0.310 e. The van der Waals surface area contributed by atoms with E-state index in [0.717, 1.165) is 27.4 Å². The fourth-order valence-corrected chi connectivity index (χ4v) is 3.93. The summed E-state index contributed by atoms with van der Waals surface area (Å²) in [6.45, 7) is 4.23. The van der Waals surface area contributed by atoms with E-state index in [1.165, 1.54) is 16.9 Å². The molecular formula is C23H23N5O2S. The van der Waals surface area contributed by atoms with Crippen molar-refractivity contribution in [3.05, 3.63) is 65.9 Å². The van der Waals surface area contributed by atoms with Crippen LogP contribution in [0.2, 0.25) is 0 Å². The van der Waals surface area contributed by atoms with Gasteiger partial charge in [-0.1, -0.05) is 29.0 Å². The van der Waals surface area contributed by atoms with Gasteiger partial charge in [0.15, 0.2) is 5.13 Å². The van der Waals surface area contributed by atoms with Crippen LogP contribution in [-0.4, -0.2) is 34.6 Å². The Morgan fingerprint density at radius 2 is 1.94 bits per heavy atom. The molecule has 0 amide bonds. The minimum absolute atomic E-state index is 0.209. The number of rotatable bonds is 7. The van der Waals surface area contributed by atoms with Gasteiger partial charge in [-0.2, -0.15) is 0 Å². The second-order valence-corrected chi connectivity index (χ2v) is 8.04. The van der Waals surface area contributed by atoms with Crippen molar-refractivity contribution in [1.29, 1.82) is 0 Å². The normalized spacial score (nSPS) is 10.8. The number of hydrogen-bond donors (Lipinski definition) is 1. The Balaban J connectivity index is 1.52. The van der Waals surface area contributed by atoms with E-state index in [2.05, 4.69) is 46.5 Å². The molecule has 8 heteroatoms. The molecule has 7 nitrogen and oxygen atoms in total. The predicted molar refractivity (Wildman–Crippen MR) is 125 cm³/mol. The van der Waals surface area contributed by atoms with E-state index in [-0.39, 0.29) is 12.4 Å². The van der Waals surface area contributed by atoms with Crippen LogP contribution in [0.1, 0.15) is 18.1 Å². The molecule has 0 atom stereocenters. The highest BCUT2D eigenvalue weighted by molar-refractivity contribution is 7.21. The molecule has 4 rings (SSSR count). The van der Waals surface area contributed by atoms with Crippen LogP contribution in [-0.2, 0) is 16.0 Å². The van der Waals surface area contributed by atoms with E-state index in [9.17, 15) is 4.79 Å².